The third kappa shape index (κ3) is 3.99. The van der Waals surface area contributed by atoms with Crippen LogP contribution in [0.15, 0.2) is 59.1 Å². The molecule has 1 aliphatic rings. The van der Waals surface area contributed by atoms with E-state index in [0.29, 0.717) is 11.3 Å². The molecule has 3 rings (SSSR count). The number of hydrogen-bond acceptors (Lipinski definition) is 4. The Morgan fingerprint density at radius 2 is 1.74 bits per heavy atom. The number of thiocarbonyl (C=S) groups is 1. The average molecular weight is 447 g/mol. The van der Waals surface area contributed by atoms with Crippen molar-refractivity contribution in [3.8, 4) is 0 Å². The van der Waals surface area contributed by atoms with Crippen molar-refractivity contribution in [3.05, 3.63) is 64.6 Å². The molecule has 0 aliphatic carbocycles. The number of hydrogen-bond donors (Lipinski definition) is 2. The predicted octanol–water partition coefficient (Wildman–Crippen LogP) is 1.97. The zero-order chi connectivity index (χ0) is 19.6. The molecule has 0 saturated carbocycles. The number of nitrogens with two attached hydrogens (primary N) is 1. The van der Waals surface area contributed by atoms with Crippen LogP contribution >= 0.6 is 28.1 Å². The number of carbonyl (C=O) groups is 3. The Kier molecular flexibility index (Phi) is 5.52. The monoisotopic (exact) mass is 446 g/mol. The van der Waals surface area contributed by atoms with Gasteiger partial charge in [-0.05, 0) is 48.6 Å². The fraction of sp³-hybridized carbons (Fsp3) is 0.111. The van der Waals surface area contributed by atoms with E-state index < -0.39 is 23.8 Å². The smallest absolute Gasteiger partial charge is 0.269 e. The lowest BCUT2D eigenvalue weighted by Crippen LogP contribution is -2.49. The quantitative estimate of drug-likeness (QED) is 0.684. The number of anilines is 1. The highest BCUT2D eigenvalue weighted by atomic mass is 79.9. The van der Waals surface area contributed by atoms with Crippen LogP contribution in [0.2, 0.25) is 0 Å². The SMILES string of the molecule is NC(=O)CC1C(=O)N(c2ccccc2)C(=S)N1NC(=O)c1ccc(Br)cc1. The third-order valence-electron chi connectivity index (χ3n) is 3.95. The summed E-state index contributed by atoms with van der Waals surface area (Å²) >= 11 is 8.70. The minimum atomic E-state index is -1.00. The first-order valence-electron chi connectivity index (χ1n) is 7.95. The largest absolute Gasteiger partial charge is 0.370 e. The number of benzene rings is 2. The maximum absolute atomic E-state index is 12.9. The fourth-order valence-corrected chi connectivity index (χ4v) is 3.31. The summed E-state index contributed by atoms with van der Waals surface area (Å²) in [6.07, 6.45) is -0.275. The summed E-state index contributed by atoms with van der Waals surface area (Å²) in [7, 11) is 0. The molecule has 1 atom stereocenters. The van der Waals surface area contributed by atoms with Crippen molar-refractivity contribution >= 4 is 56.7 Å². The zero-order valence-electron chi connectivity index (χ0n) is 14.0. The number of nitrogens with zero attached hydrogens (tertiary/aromatic N) is 2. The molecule has 0 radical (unpaired) electrons. The van der Waals surface area contributed by atoms with Crippen molar-refractivity contribution in [2.45, 2.75) is 12.5 Å². The van der Waals surface area contributed by atoms with Crippen LogP contribution in [0, 0.1) is 0 Å². The van der Waals surface area contributed by atoms with Crippen molar-refractivity contribution in [1.29, 1.82) is 0 Å². The van der Waals surface area contributed by atoms with E-state index in [9.17, 15) is 14.4 Å². The van der Waals surface area contributed by atoms with Crippen molar-refractivity contribution in [1.82, 2.24) is 10.4 Å². The van der Waals surface area contributed by atoms with Gasteiger partial charge in [0.1, 0.15) is 6.04 Å². The number of hydrazine groups is 1. The summed E-state index contributed by atoms with van der Waals surface area (Å²) < 4.78 is 0.827. The molecule has 27 heavy (non-hydrogen) atoms. The van der Waals surface area contributed by atoms with Crippen molar-refractivity contribution in [3.63, 3.8) is 0 Å². The molecule has 1 heterocycles. The molecule has 1 fully saturated rings. The predicted molar refractivity (Wildman–Crippen MR) is 108 cm³/mol. The van der Waals surface area contributed by atoms with Gasteiger partial charge in [0.2, 0.25) is 11.0 Å². The lowest BCUT2D eigenvalue weighted by Gasteiger charge is -2.24. The molecule has 1 aliphatic heterocycles. The van der Waals surface area contributed by atoms with E-state index in [1.54, 1.807) is 54.6 Å². The van der Waals surface area contributed by atoms with Crippen molar-refractivity contribution in [2.24, 2.45) is 5.73 Å². The van der Waals surface area contributed by atoms with Gasteiger partial charge in [0.15, 0.2) is 0 Å². The summed E-state index contributed by atoms with van der Waals surface area (Å²) in [6, 6.07) is 14.4. The molecule has 9 heteroatoms. The molecule has 2 aromatic carbocycles. The second-order valence-electron chi connectivity index (χ2n) is 5.80. The third-order valence-corrected chi connectivity index (χ3v) is 4.86. The van der Waals surface area contributed by atoms with E-state index in [-0.39, 0.29) is 11.5 Å². The summed E-state index contributed by atoms with van der Waals surface area (Å²) in [5, 5.41) is 1.29. The molecule has 1 unspecified atom stereocenters. The van der Waals surface area contributed by atoms with Crippen molar-refractivity contribution in [2.75, 3.05) is 4.90 Å². The van der Waals surface area contributed by atoms with Crippen LogP contribution in [-0.4, -0.2) is 33.9 Å². The molecule has 7 nitrogen and oxygen atoms in total. The Balaban J connectivity index is 1.89. The molecular weight excluding hydrogens is 432 g/mol. The van der Waals surface area contributed by atoms with E-state index in [2.05, 4.69) is 21.4 Å². The second-order valence-corrected chi connectivity index (χ2v) is 7.08. The first kappa shape index (κ1) is 19.0. The van der Waals surface area contributed by atoms with E-state index >= 15 is 0 Å². The number of rotatable bonds is 5. The summed E-state index contributed by atoms with van der Waals surface area (Å²) in [5.74, 6) is -1.56. The van der Waals surface area contributed by atoms with E-state index in [4.69, 9.17) is 18.0 Å². The van der Waals surface area contributed by atoms with E-state index in [1.165, 1.54) is 9.91 Å². The highest BCUT2D eigenvalue weighted by Gasteiger charge is 2.45. The molecular formula is C18H15BrN4O3S. The number of carbonyl (C=O) groups excluding carboxylic acids is 3. The first-order valence-corrected chi connectivity index (χ1v) is 9.15. The number of para-hydroxylation sites is 1. The van der Waals surface area contributed by atoms with Gasteiger partial charge in [0.25, 0.3) is 11.8 Å². The second kappa shape index (κ2) is 7.85. The number of halogens is 1. The molecule has 138 valence electrons. The zero-order valence-corrected chi connectivity index (χ0v) is 16.4. The Hall–Kier alpha value is -2.78. The summed E-state index contributed by atoms with van der Waals surface area (Å²) in [6.45, 7) is 0. The standard InChI is InChI=1S/C18H15BrN4O3S/c19-12-8-6-11(7-9-12)16(25)21-23-14(10-15(20)24)17(26)22(18(23)27)13-4-2-1-3-5-13/h1-9,14H,10H2,(H2,20,24)(H,21,25). The molecule has 1 saturated heterocycles. The molecule has 2 aromatic rings. The molecule has 3 N–H and O–H groups in total. The minimum Gasteiger partial charge on any atom is -0.370 e. The maximum Gasteiger partial charge on any atom is 0.269 e. The van der Waals surface area contributed by atoms with Crippen LogP contribution < -0.4 is 16.1 Å². The summed E-state index contributed by atoms with van der Waals surface area (Å²) in [4.78, 5) is 38.2. The van der Waals surface area contributed by atoms with Crippen LogP contribution in [0.5, 0.6) is 0 Å². The minimum absolute atomic E-state index is 0.0721. The van der Waals surface area contributed by atoms with Crippen LogP contribution in [0.25, 0.3) is 0 Å². The van der Waals surface area contributed by atoms with Gasteiger partial charge in [0, 0.05) is 10.0 Å². The molecule has 3 amide bonds. The number of amides is 3. The van der Waals surface area contributed by atoms with Crippen LogP contribution in [0.1, 0.15) is 16.8 Å². The van der Waals surface area contributed by atoms with Gasteiger partial charge in [-0.1, -0.05) is 34.1 Å². The Labute approximate surface area is 169 Å². The lowest BCUT2D eigenvalue weighted by molar-refractivity contribution is -0.125. The van der Waals surface area contributed by atoms with E-state index in [0.717, 1.165) is 4.47 Å². The van der Waals surface area contributed by atoms with Crippen LogP contribution in [-0.2, 0) is 9.59 Å². The summed E-state index contributed by atoms with van der Waals surface area (Å²) in [5.41, 5.74) is 8.83. The van der Waals surface area contributed by atoms with Gasteiger partial charge in [-0.15, -0.1) is 0 Å². The molecule has 0 spiro atoms. The van der Waals surface area contributed by atoms with Gasteiger partial charge in [-0.25, -0.2) is 5.01 Å². The van der Waals surface area contributed by atoms with Gasteiger partial charge in [-0.2, -0.15) is 0 Å². The highest BCUT2D eigenvalue weighted by Crippen LogP contribution is 2.25. The Bertz CT molecular complexity index is 905. The molecule has 0 bridgehead atoms. The molecule has 0 aromatic heterocycles. The Morgan fingerprint density at radius 1 is 1.11 bits per heavy atom. The maximum atomic E-state index is 12.9. The first-order chi connectivity index (χ1) is 12.9. The normalized spacial score (nSPS) is 16.6. The van der Waals surface area contributed by atoms with Gasteiger partial charge in [-0.3, -0.25) is 24.7 Å². The van der Waals surface area contributed by atoms with Gasteiger partial charge < -0.3 is 5.73 Å². The average Bonchev–Trinajstić information content (AvgIpc) is 2.86. The number of nitrogens with one attached hydrogen (secondary N) is 1. The number of primary amides is 1. The van der Waals surface area contributed by atoms with Gasteiger partial charge >= 0.3 is 0 Å². The van der Waals surface area contributed by atoms with Gasteiger partial charge in [0.05, 0.1) is 12.1 Å². The van der Waals surface area contributed by atoms with Crippen LogP contribution in [0.4, 0.5) is 5.69 Å². The fourth-order valence-electron chi connectivity index (χ4n) is 2.68. The van der Waals surface area contributed by atoms with Crippen LogP contribution in [0.3, 0.4) is 0 Å². The lowest BCUT2D eigenvalue weighted by atomic mass is 10.2. The topological polar surface area (TPSA) is 95.7 Å². The highest BCUT2D eigenvalue weighted by molar-refractivity contribution is 9.10. The van der Waals surface area contributed by atoms with Crippen molar-refractivity contribution < 1.29 is 14.4 Å². The Morgan fingerprint density at radius 3 is 2.33 bits per heavy atom. The van der Waals surface area contributed by atoms with E-state index in [1.807, 2.05) is 0 Å².